The van der Waals surface area contributed by atoms with Crippen LogP contribution in [0.5, 0.6) is 5.75 Å². The molecule has 1 heterocycles. The van der Waals surface area contributed by atoms with E-state index in [4.69, 9.17) is 9.84 Å². The molecule has 10 nitrogen and oxygen atoms in total. The molecular weight excluding hydrogens is 322 g/mol. The maximum absolute atomic E-state index is 11.5. The van der Waals surface area contributed by atoms with Gasteiger partial charge in [0.05, 0.1) is 0 Å². The van der Waals surface area contributed by atoms with Crippen molar-refractivity contribution < 1.29 is 29.2 Å². The van der Waals surface area contributed by atoms with E-state index in [1.807, 2.05) is 5.32 Å². The van der Waals surface area contributed by atoms with Crippen LogP contribution in [0.1, 0.15) is 5.56 Å². The van der Waals surface area contributed by atoms with Gasteiger partial charge in [-0.1, -0.05) is 24.3 Å². The third-order valence-electron chi connectivity index (χ3n) is 3.11. The Morgan fingerprint density at radius 3 is 2.58 bits per heavy atom. The summed E-state index contributed by atoms with van der Waals surface area (Å²) in [6.07, 6.45) is 2.85. The van der Waals surface area contributed by atoms with E-state index in [2.05, 4.69) is 5.32 Å². The SMILES string of the molecule is O=C(O)COc1ccc(/C=C\C2NC(=O)NC(=O)C2[N+](=O)[O-])cc1. The smallest absolute Gasteiger partial charge is 0.341 e. The minimum atomic E-state index is -1.61. The standard InChI is InChI=1S/C14H13N3O7/c18-11(19)7-24-9-4-1-8(2-5-9)3-6-10-12(17(22)23)13(20)16-14(21)15-10/h1-6,10,12H,7H2,(H,18,19)(H2,15,16,20,21)/b6-3-. The second-order valence-corrected chi connectivity index (χ2v) is 4.83. The molecule has 1 aliphatic rings. The highest BCUT2D eigenvalue weighted by Crippen LogP contribution is 2.14. The van der Waals surface area contributed by atoms with Crippen LogP contribution in [0.25, 0.3) is 6.08 Å². The second-order valence-electron chi connectivity index (χ2n) is 4.83. The molecule has 1 aliphatic heterocycles. The first-order valence-corrected chi connectivity index (χ1v) is 6.74. The summed E-state index contributed by atoms with van der Waals surface area (Å²) in [4.78, 5) is 43.4. The number of urea groups is 1. The van der Waals surface area contributed by atoms with E-state index in [0.29, 0.717) is 11.3 Å². The average molecular weight is 335 g/mol. The van der Waals surface area contributed by atoms with Crippen molar-refractivity contribution in [2.45, 2.75) is 12.1 Å². The van der Waals surface area contributed by atoms with Gasteiger partial charge >= 0.3 is 23.9 Å². The normalized spacial score (nSPS) is 20.3. The van der Waals surface area contributed by atoms with Crippen LogP contribution in [0.4, 0.5) is 4.79 Å². The lowest BCUT2D eigenvalue weighted by atomic mass is 10.0. The average Bonchev–Trinajstić information content (AvgIpc) is 2.50. The van der Waals surface area contributed by atoms with E-state index in [9.17, 15) is 24.5 Å². The van der Waals surface area contributed by atoms with Gasteiger partial charge in [-0.05, 0) is 17.7 Å². The van der Waals surface area contributed by atoms with Crippen molar-refractivity contribution >= 4 is 24.0 Å². The Labute approximate surface area is 135 Å². The number of benzene rings is 1. The third-order valence-corrected chi connectivity index (χ3v) is 3.11. The molecule has 2 rings (SSSR count). The van der Waals surface area contributed by atoms with Crippen molar-refractivity contribution in [3.63, 3.8) is 0 Å². The molecule has 24 heavy (non-hydrogen) atoms. The molecule has 1 saturated heterocycles. The number of imide groups is 1. The van der Waals surface area contributed by atoms with Crippen LogP contribution in [-0.2, 0) is 9.59 Å². The maximum Gasteiger partial charge on any atom is 0.341 e. The number of hydrogen-bond acceptors (Lipinski definition) is 6. The Balaban J connectivity index is 2.07. The number of ether oxygens (including phenoxy) is 1. The molecule has 0 aromatic heterocycles. The van der Waals surface area contributed by atoms with Crippen molar-refractivity contribution in [1.29, 1.82) is 0 Å². The van der Waals surface area contributed by atoms with Gasteiger partial charge in [-0.25, -0.2) is 9.59 Å². The number of aliphatic carboxylic acids is 1. The number of carboxylic acids is 1. The van der Waals surface area contributed by atoms with Crippen LogP contribution in [0.15, 0.2) is 30.3 Å². The van der Waals surface area contributed by atoms with Crippen LogP contribution in [0.2, 0.25) is 0 Å². The van der Waals surface area contributed by atoms with E-state index in [1.165, 1.54) is 24.3 Å². The topological polar surface area (TPSA) is 148 Å². The predicted molar refractivity (Wildman–Crippen MR) is 79.9 cm³/mol. The molecule has 0 bridgehead atoms. The molecule has 0 spiro atoms. The Hall–Kier alpha value is -3.43. The summed E-state index contributed by atoms with van der Waals surface area (Å²) in [5.74, 6) is -1.73. The highest BCUT2D eigenvalue weighted by atomic mass is 16.6. The Bertz CT molecular complexity index is 699. The van der Waals surface area contributed by atoms with Gasteiger partial charge in [0.2, 0.25) is 0 Å². The summed E-state index contributed by atoms with van der Waals surface area (Å²) in [5.41, 5.74) is 0.625. The van der Waals surface area contributed by atoms with Crippen LogP contribution < -0.4 is 15.4 Å². The van der Waals surface area contributed by atoms with Gasteiger partial charge in [0.1, 0.15) is 11.8 Å². The largest absolute Gasteiger partial charge is 0.482 e. The lowest BCUT2D eigenvalue weighted by Gasteiger charge is -2.23. The van der Waals surface area contributed by atoms with Crippen LogP contribution in [0.3, 0.4) is 0 Å². The highest BCUT2D eigenvalue weighted by molar-refractivity contribution is 6.00. The molecule has 0 saturated carbocycles. The van der Waals surface area contributed by atoms with Gasteiger partial charge < -0.3 is 15.2 Å². The lowest BCUT2D eigenvalue weighted by molar-refractivity contribution is -0.510. The van der Waals surface area contributed by atoms with Crippen molar-refractivity contribution in [3.8, 4) is 5.75 Å². The van der Waals surface area contributed by atoms with Crippen LogP contribution in [-0.4, -0.2) is 46.6 Å². The molecule has 1 aromatic carbocycles. The van der Waals surface area contributed by atoms with Crippen LogP contribution >= 0.6 is 0 Å². The summed E-state index contributed by atoms with van der Waals surface area (Å²) in [6.45, 7) is -0.469. The third kappa shape index (κ3) is 4.29. The number of carbonyl (C=O) groups excluding carboxylic acids is 2. The van der Waals surface area contributed by atoms with E-state index < -0.39 is 41.5 Å². The van der Waals surface area contributed by atoms with E-state index in [0.717, 1.165) is 0 Å². The molecule has 3 amide bonds. The van der Waals surface area contributed by atoms with Gasteiger partial charge in [-0.3, -0.25) is 20.2 Å². The van der Waals surface area contributed by atoms with Crippen molar-refractivity contribution in [2.75, 3.05) is 6.61 Å². The molecular formula is C14H13N3O7. The number of nitro groups is 1. The second kappa shape index (κ2) is 7.22. The highest BCUT2D eigenvalue weighted by Gasteiger charge is 2.43. The zero-order valence-corrected chi connectivity index (χ0v) is 12.2. The molecule has 1 aromatic rings. The molecule has 10 heteroatoms. The first-order valence-electron chi connectivity index (χ1n) is 6.74. The zero-order chi connectivity index (χ0) is 17.7. The molecule has 1 fully saturated rings. The van der Waals surface area contributed by atoms with Gasteiger partial charge in [-0.2, -0.15) is 0 Å². The fraction of sp³-hybridized carbons (Fsp3) is 0.214. The van der Waals surface area contributed by atoms with Crippen molar-refractivity contribution in [1.82, 2.24) is 10.6 Å². The van der Waals surface area contributed by atoms with Gasteiger partial charge in [-0.15, -0.1) is 0 Å². The van der Waals surface area contributed by atoms with Gasteiger partial charge in [0, 0.05) is 4.92 Å². The summed E-state index contributed by atoms with van der Waals surface area (Å²) in [7, 11) is 0. The number of carbonyl (C=O) groups is 3. The number of amides is 3. The first kappa shape index (κ1) is 16.9. The Kier molecular flexibility index (Phi) is 5.09. The van der Waals surface area contributed by atoms with Crippen molar-refractivity contribution in [2.24, 2.45) is 0 Å². The zero-order valence-electron chi connectivity index (χ0n) is 12.2. The molecule has 0 radical (unpaired) electrons. The van der Waals surface area contributed by atoms with Crippen LogP contribution in [0, 0.1) is 10.1 Å². The number of nitrogens with one attached hydrogen (secondary N) is 2. The summed E-state index contributed by atoms with van der Waals surface area (Å²) >= 11 is 0. The fourth-order valence-electron chi connectivity index (χ4n) is 2.03. The van der Waals surface area contributed by atoms with E-state index in [-0.39, 0.29) is 0 Å². The minimum absolute atomic E-state index is 0.350. The molecule has 3 N–H and O–H groups in total. The fourth-order valence-corrected chi connectivity index (χ4v) is 2.03. The monoisotopic (exact) mass is 335 g/mol. The number of rotatable bonds is 6. The summed E-state index contributed by atoms with van der Waals surface area (Å²) < 4.78 is 4.97. The number of nitrogens with zero attached hydrogens (tertiary/aromatic N) is 1. The van der Waals surface area contributed by atoms with Gasteiger partial charge in [0.15, 0.2) is 6.61 Å². The predicted octanol–water partition coefficient (Wildman–Crippen LogP) is 0.0165. The molecule has 0 aliphatic carbocycles. The molecule has 2 atom stereocenters. The minimum Gasteiger partial charge on any atom is -0.482 e. The number of hydrogen-bond donors (Lipinski definition) is 3. The van der Waals surface area contributed by atoms with E-state index >= 15 is 0 Å². The van der Waals surface area contributed by atoms with E-state index in [1.54, 1.807) is 12.1 Å². The summed E-state index contributed by atoms with van der Waals surface area (Å²) in [5, 5.41) is 23.6. The number of carboxylic acid groups (broad SMARTS) is 1. The Morgan fingerprint density at radius 1 is 1.33 bits per heavy atom. The lowest BCUT2D eigenvalue weighted by Crippen LogP contribution is -2.62. The Morgan fingerprint density at radius 2 is 2.00 bits per heavy atom. The van der Waals surface area contributed by atoms with Crippen molar-refractivity contribution in [3.05, 3.63) is 46.0 Å². The quantitative estimate of drug-likeness (QED) is 0.490. The van der Waals surface area contributed by atoms with Gasteiger partial charge in [0.25, 0.3) is 0 Å². The molecule has 126 valence electrons. The summed E-state index contributed by atoms with van der Waals surface area (Å²) in [6, 6.07) is 2.75. The maximum atomic E-state index is 11.5. The first-order chi connectivity index (χ1) is 11.4. The molecule has 2 unspecified atom stereocenters.